The molecule has 1 heterocycles. The maximum Gasteiger partial charge on any atom is 0.233 e. The van der Waals surface area contributed by atoms with Crippen LogP contribution in [0.25, 0.3) is 0 Å². The lowest BCUT2D eigenvalue weighted by Gasteiger charge is -2.11. The zero-order valence-corrected chi connectivity index (χ0v) is 12.7. The molecule has 6 heteroatoms. The number of amides is 2. The van der Waals surface area contributed by atoms with Gasteiger partial charge < -0.3 is 15.4 Å². The van der Waals surface area contributed by atoms with E-state index in [-0.39, 0.29) is 24.3 Å². The number of carbonyl (C=O) groups is 2. The van der Waals surface area contributed by atoms with Crippen molar-refractivity contribution in [1.82, 2.24) is 5.32 Å². The summed E-state index contributed by atoms with van der Waals surface area (Å²) in [5.74, 6) is -0.666. The van der Waals surface area contributed by atoms with Crippen molar-refractivity contribution >= 4 is 29.1 Å². The minimum absolute atomic E-state index is 0.0768. The van der Waals surface area contributed by atoms with E-state index in [4.69, 9.17) is 16.3 Å². The SMILES string of the molecule is Cc1ccc(NC(=O)CC(=O)NCC2CCCO2)cc1Cl. The van der Waals surface area contributed by atoms with E-state index in [9.17, 15) is 9.59 Å². The number of aryl methyl sites for hydroxylation is 1. The van der Waals surface area contributed by atoms with Crippen LogP contribution in [0.1, 0.15) is 24.8 Å². The van der Waals surface area contributed by atoms with Crippen LogP contribution in [0.3, 0.4) is 0 Å². The zero-order valence-electron chi connectivity index (χ0n) is 11.9. The quantitative estimate of drug-likeness (QED) is 0.820. The van der Waals surface area contributed by atoms with Crippen LogP contribution >= 0.6 is 11.6 Å². The molecule has 2 amide bonds. The van der Waals surface area contributed by atoms with E-state index >= 15 is 0 Å². The summed E-state index contributed by atoms with van der Waals surface area (Å²) in [6.45, 7) is 3.09. The fourth-order valence-corrected chi connectivity index (χ4v) is 2.30. The molecule has 0 spiro atoms. The third kappa shape index (κ3) is 5.02. The van der Waals surface area contributed by atoms with Crippen LogP contribution in [-0.4, -0.2) is 31.1 Å². The number of carbonyl (C=O) groups excluding carboxylic acids is 2. The average Bonchev–Trinajstić information content (AvgIpc) is 2.94. The summed E-state index contributed by atoms with van der Waals surface area (Å²) in [6, 6.07) is 5.23. The van der Waals surface area contributed by atoms with Gasteiger partial charge in [0.15, 0.2) is 0 Å². The first kappa shape index (κ1) is 15.8. The lowest BCUT2D eigenvalue weighted by Crippen LogP contribution is -2.34. The molecule has 1 aliphatic heterocycles. The minimum Gasteiger partial charge on any atom is -0.376 e. The van der Waals surface area contributed by atoms with Crippen LogP contribution in [-0.2, 0) is 14.3 Å². The summed E-state index contributed by atoms with van der Waals surface area (Å²) in [6.07, 6.45) is 1.84. The Labute approximate surface area is 129 Å². The summed E-state index contributed by atoms with van der Waals surface area (Å²) in [7, 11) is 0. The number of nitrogens with one attached hydrogen (secondary N) is 2. The fraction of sp³-hybridized carbons (Fsp3) is 0.467. The predicted octanol–water partition coefficient (Wildman–Crippen LogP) is 2.27. The smallest absolute Gasteiger partial charge is 0.233 e. The molecule has 114 valence electrons. The third-order valence-electron chi connectivity index (χ3n) is 3.33. The maximum absolute atomic E-state index is 11.8. The molecule has 0 aliphatic carbocycles. The Bertz CT molecular complexity index is 528. The molecule has 1 aromatic rings. The molecule has 0 aromatic heterocycles. The summed E-state index contributed by atoms with van der Waals surface area (Å²) in [5.41, 5.74) is 1.52. The van der Waals surface area contributed by atoms with E-state index in [2.05, 4.69) is 10.6 Å². The number of rotatable bonds is 5. The Morgan fingerprint density at radius 3 is 2.86 bits per heavy atom. The topological polar surface area (TPSA) is 67.4 Å². The largest absolute Gasteiger partial charge is 0.376 e. The highest BCUT2D eigenvalue weighted by atomic mass is 35.5. The number of ether oxygens (including phenoxy) is 1. The molecule has 1 aromatic carbocycles. The number of halogens is 1. The highest BCUT2D eigenvalue weighted by Crippen LogP contribution is 2.20. The highest BCUT2D eigenvalue weighted by Gasteiger charge is 2.17. The molecular formula is C15H19ClN2O3. The second kappa shape index (κ2) is 7.43. The maximum atomic E-state index is 11.8. The highest BCUT2D eigenvalue weighted by molar-refractivity contribution is 6.31. The van der Waals surface area contributed by atoms with Crippen LogP contribution in [0, 0.1) is 6.92 Å². The van der Waals surface area contributed by atoms with Gasteiger partial charge in [-0.3, -0.25) is 9.59 Å². The predicted molar refractivity (Wildman–Crippen MR) is 81.4 cm³/mol. The van der Waals surface area contributed by atoms with Gasteiger partial charge in [-0.15, -0.1) is 0 Å². The van der Waals surface area contributed by atoms with E-state index in [0.29, 0.717) is 17.3 Å². The first-order valence-electron chi connectivity index (χ1n) is 6.99. The van der Waals surface area contributed by atoms with E-state index in [0.717, 1.165) is 25.0 Å². The minimum atomic E-state index is -0.361. The standard InChI is InChI=1S/C15H19ClN2O3/c1-10-4-5-11(7-13(10)16)18-15(20)8-14(19)17-9-12-3-2-6-21-12/h4-5,7,12H,2-3,6,8-9H2,1H3,(H,17,19)(H,18,20). The van der Waals surface area contributed by atoms with Gasteiger partial charge >= 0.3 is 0 Å². The second-order valence-corrected chi connectivity index (χ2v) is 5.54. The lowest BCUT2D eigenvalue weighted by molar-refractivity contribution is -0.127. The first-order chi connectivity index (χ1) is 10.0. The second-order valence-electron chi connectivity index (χ2n) is 5.13. The normalized spacial score (nSPS) is 17.5. The Kier molecular flexibility index (Phi) is 5.59. The van der Waals surface area contributed by atoms with Crippen molar-refractivity contribution in [2.45, 2.75) is 32.3 Å². The van der Waals surface area contributed by atoms with Gasteiger partial charge in [0.25, 0.3) is 0 Å². The number of hydrogen-bond donors (Lipinski definition) is 2. The molecule has 21 heavy (non-hydrogen) atoms. The van der Waals surface area contributed by atoms with Gasteiger partial charge in [-0.25, -0.2) is 0 Å². The third-order valence-corrected chi connectivity index (χ3v) is 3.73. The molecule has 2 N–H and O–H groups in total. The van der Waals surface area contributed by atoms with Crippen LogP contribution in [0.4, 0.5) is 5.69 Å². The Balaban J connectivity index is 1.75. The summed E-state index contributed by atoms with van der Waals surface area (Å²) >= 11 is 5.98. The van der Waals surface area contributed by atoms with E-state index in [1.165, 1.54) is 0 Å². The molecular weight excluding hydrogens is 292 g/mol. The van der Waals surface area contributed by atoms with E-state index in [1.807, 2.05) is 13.0 Å². The van der Waals surface area contributed by atoms with E-state index < -0.39 is 0 Å². The molecule has 5 nitrogen and oxygen atoms in total. The van der Waals surface area contributed by atoms with Gasteiger partial charge in [0.05, 0.1) is 6.10 Å². The van der Waals surface area contributed by atoms with Crippen molar-refractivity contribution in [1.29, 1.82) is 0 Å². The van der Waals surface area contributed by atoms with Crippen molar-refractivity contribution in [3.05, 3.63) is 28.8 Å². The van der Waals surface area contributed by atoms with Crippen molar-refractivity contribution in [3.8, 4) is 0 Å². The summed E-state index contributed by atoms with van der Waals surface area (Å²) in [5, 5.41) is 5.94. The van der Waals surface area contributed by atoms with Gasteiger partial charge in [0, 0.05) is 23.9 Å². The van der Waals surface area contributed by atoms with Gasteiger partial charge in [0.2, 0.25) is 11.8 Å². The molecule has 1 unspecified atom stereocenters. The number of hydrogen-bond acceptors (Lipinski definition) is 3. The molecule has 0 saturated carbocycles. The average molecular weight is 311 g/mol. The first-order valence-corrected chi connectivity index (χ1v) is 7.36. The van der Waals surface area contributed by atoms with Crippen LogP contribution in [0.5, 0.6) is 0 Å². The van der Waals surface area contributed by atoms with Crippen LogP contribution in [0.2, 0.25) is 5.02 Å². The van der Waals surface area contributed by atoms with Crippen molar-refractivity contribution in [2.24, 2.45) is 0 Å². The van der Waals surface area contributed by atoms with Crippen molar-refractivity contribution in [3.63, 3.8) is 0 Å². The lowest BCUT2D eigenvalue weighted by atomic mass is 10.2. The van der Waals surface area contributed by atoms with Crippen molar-refractivity contribution < 1.29 is 14.3 Å². The van der Waals surface area contributed by atoms with Crippen LogP contribution < -0.4 is 10.6 Å². The van der Waals surface area contributed by atoms with Gasteiger partial charge in [-0.05, 0) is 37.5 Å². The molecule has 2 rings (SSSR count). The Hall–Kier alpha value is -1.59. The molecule has 1 fully saturated rings. The number of benzene rings is 1. The van der Waals surface area contributed by atoms with Crippen LogP contribution in [0.15, 0.2) is 18.2 Å². The molecule has 1 saturated heterocycles. The number of anilines is 1. The Morgan fingerprint density at radius 1 is 1.38 bits per heavy atom. The van der Waals surface area contributed by atoms with Crippen molar-refractivity contribution in [2.75, 3.05) is 18.5 Å². The van der Waals surface area contributed by atoms with E-state index in [1.54, 1.807) is 12.1 Å². The molecule has 1 atom stereocenters. The molecule has 0 bridgehead atoms. The van der Waals surface area contributed by atoms with Gasteiger partial charge in [-0.2, -0.15) is 0 Å². The summed E-state index contributed by atoms with van der Waals surface area (Å²) < 4.78 is 5.40. The van der Waals surface area contributed by atoms with Gasteiger partial charge in [-0.1, -0.05) is 17.7 Å². The zero-order chi connectivity index (χ0) is 15.2. The Morgan fingerprint density at radius 2 is 2.19 bits per heavy atom. The molecule has 0 radical (unpaired) electrons. The molecule has 1 aliphatic rings. The monoisotopic (exact) mass is 310 g/mol. The van der Waals surface area contributed by atoms with Gasteiger partial charge in [0.1, 0.15) is 6.42 Å². The fourth-order valence-electron chi connectivity index (χ4n) is 2.12. The summed E-state index contributed by atoms with van der Waals surface area (Å²) in [4.78, 5) is 23.4.